The van der Waals surface area contributed by atoms with Crippen LogP contribution in [0.4, 0.5) is 11.4 Å². The van der Waals surface area contributed by atoms with Crippen LogP contribution < -0.4 is 21.3 Å². The van der Waals surface area contributed by atoms with Gasteiger partial charge in [-0.15, -0.1) is 0 Å². The standard InChI is InChI=1S/C38H45BN2/c1-22-23(2)40-30-14-13-15-31-32(30)39(28-20-24(35(3,4)5)18-26(22)33(28)40)29-21-25(36(6,7)8)19-27-34(29)41(31)38(10)17-12-11-16-37(27,38)9/h13-15,18-21H,11-12,16-17H2,1-10H3. The quantitative estimate of drug-likeness (QED) is 0.183. The zero-order chi connectivity index (χ0) is 29.0. The fourth-order valence-corrected chi connectivity index (χ4v) is 9.27. The van der Waals surface area contributed by atoms with Gasteiger partial charge in [-0.3, -0.25) is 0 Å². The van der Waals surface area contributed by atoms with Gasteiger partial charge in [0.1, 0.15) is 0 Å². The molecular weight excluding hydrogens is 495 g/mol. The summed E-state index contributed by atoms with van der Waals surface area (Å²) in [7, 11) is 0. The minimum Gasteiger partial charge on any atom is -0.335 e. The number of aryl methyl sites for hydroxylation is 1. The Morgan fingerprint density at radius 1 is 0.780 bits per heavy atom. The Bertz CT molecular complexity index is 1830. The zero-order valence-electron chi connectivity index (χ0n) is 26.8. The van der Waals surface area contributed by atoms with Crippen molar-refractivity contribution in [2.75, 3.05) is 4.90 Å². The molecule has 2 atom stereocenters. The zero-order valence-corrected chi connectivity index (χ0v) is 26.8. The van der Waals surface area contributed by atoms with Gasteiger partial charge in [0.05, 0.1) is 5.54 Å². The first-order chi connectivity index (χ1) is 19.2. The van der Waals surface area contributed by atoms with Crippen LogP contribution in [0, 0.1) is 13.8 Å². The van der Waals surface area contributed by atoms with E-state index in [1.165, 1.54) is 87.0 Å². The summed E-state index contributed by atoms with van der Waals surface area (Å²) < 4.78 is 2.61. The number of hydrogen-bond acceptors (Lipinski definition) is 1. The number of rotatable bonds is 0. The molecule has 0 amide bonds. The van der Waals surface area contributed by atoms with E-state index in [0.717, 1.165) is 0 Å². The van der Waals surface area contributed by atoms with Crippen molar-refractivity contribution < 1.29 is 0 Å². The molecule has 2 unspecified atom stereocenters. The van der Waals surface area contributed by atoms with Crippen molar-refractivity contribution in [1.29, 1.82) is 0 Å². The molecule has 1 aliphatic carbocycles. The molecule has 1 saturated carbocycles. The molecule has 3 aliphatic heterocycles. The van der Waals surface area contributed by atoms with Gasteiger partial charge in [0.2, 0.25) is 0 Å². The van der Waals surface area contributed by atoms with Crippen LogP contribution in [0.2, 0.25) is 0 Å². The molecule has 3 aromatic carbocycles. The van der Waals surface area contributed by atoms with E-state index in [0.29, 0.717) is 0 Å². The Kier molecular flexibility index (Phi) is 4.72. The SMILES string of the molecule is Cc1c(C)n2c3c(cc(C(C)(C)C)cc13)B1c3cc(C(C)(C)C)cc4c3N(c3cccc-2c31)C1(C)CCCCC41C. The number of hydrogen-bond donors (Lipinski definition) is 0. The molecule has 1 aromatic heterocycles. The average molecular weight is 541 g/mol. The molecule has 3 heteroatoms. The summed E-state index contributed by atoms with van der Waals surface area (Å²) >= 11 is 0. The van der Waals surface area contributed by atoms with E-state index in [-0.39, 0.29) is 28.5 Å². The van der Waals surface area contributed by atoms with Crippen LogP contribution in [-0.4, -0.2) is 16.8 Å². The highest BCUT2D eigenvalue weighted by Gasteiger charge is 2.61. The highest BCUT2D eigenvalue weighted by atomic mass is 15.3. The summed E-state index contributed by atoms with van der Waals surface area (Å²) in [6.07, 6.45) is 5.14. The number of benzene rings is 3. The van der Waals surface area contributed by atoms with Crippen molar-refractivity contribution in [2.45, 2.75) is 117 Å². The van der Waals surface area contributed by atoms with Crippen LogP contribution >= 0.6 is 0 Å². The van der Waals surface area contributed by atoms with Gasteiger partial charge in [0.25, 0.3) is 6.71 Å². The average Bonchev–Trinajstić information content (AvgIpc) is 3.28. The predicted octanol–water partition coefficient (Wildman–Crippen LogP) is 7.73. The normalized spacial score (nSPS) is 24.0. The van der Waals surface area contributed by atoms with Crippen LogP contribution in [0.15, 0.2) is 42.5 Å². The molecule has 4 aromatic rings. The molecule has 210 valence electrons. The second-order valence-electron chi connectivity index (χ2n) is 16.3. The van der Waals surface area contributed by atoms with Crippen LogP contribution in [0.1, 0.15) is 109 Å². The van der Waals surface area contributed by atoms with Gasteiger partial charge in [-0.2, -0.15) is 0 Å². The summed E-state index contributed by atoms with van der Waals surface area (Å²) in [4.78, 5) is 2.85. The Hall–Kier alpha value is -2.94. The number of fused-ring (bicyclic) bond motifs is 7. The highest BCUT2D eigenvalue weighted by Crippen LogP contribution is 2.61. The third-order valence-electron chi connectivity index (χ3n) is 12.1. The number of aromatic nitrogens is 1. The first-order valence-electron chi connectivity index (χ1n) is 16.0. The lowest BCUT2D eigenvalue weighted by Gasteiger charge is -2.52. The molecule has 0 spiro atoms. The smallest absolute Gasteiger partial charge is 0.252 e. The minimum absolute atomic E-state index is 0.0729. The Morgan fingerprint density at radius 3 is 2.12 bits per heavy atom. The van der Waals surface area contributed by atoms with Gasteiger partial charge in [0, 0.05) is 39.1 Å². The monoisotopic (exact) mass is 540 g/mol. The van der Waals surface area contributed by atoms with Gasteiger partial charge in [-0.25, -0.2) is 0 Å². The van der Waals surface area contributed by atoms with Crippen molar-refractivity contribution in [3.8, 4) is 5.69 Å². The van der Waals surface area contributed by atoms with E-state index in [4.69, 9.17) is 0 Å². The first kappa shape index (κ1) is 25.7. The lowest BCUT2D eigenvalue weighted by molar-refractivity contribution is 0.195. The van der Waals surface area contributed by atoms with Crippen LogP contribution in [-0.2, 0) is 16.2 Å². The van der Waals surface area contributed by atoms with Gasteiger partial charge in [-0.05, 0) is 101 Å². The molecule has 8 rings (SSSR count). The Balaban J connectivity index is 1.58. The topological polar surface area (TPSA) is 8.17 Å². The van der Waals surface area contributed by atoms with E-state index in [9.17, 15) is 0 Å². The van der Waals surface area contributed by atoms with Gasteiger partial charge in [-0.1, -0.05) is 85.6 Å². The molecule has 0 N–H and O–H groups in total. The third kappa shape index (κ3) is 2.91. The Morgan fingerprint density at radius 2 is 1.41 bits per heavy atom. The fraction of sp³-hybridized carbons (Fsp3) is 0.474. The molecule has 2 nitrogen and oxygen atoms in total. The van der Waals surface area contributed by atoms with Gasteiger partial charge < -0.3 is 9.47 Å². The molecule has 4 heterocycles. The van der Waals surface area contributed by atoms with E-state index in [2.05, 4.69) is 121 Å². The summed E-state index contributed by atoms with van der Waals surface area (Å²) in [6.45, 7) is 24.4. The Labute approximate surface area is 247 Å². The molecule has 0 saturated heterocycles. The maximum Gasteiger partial charge on any atom is 0.252 e. The second kappa shape index (κ2) is 7.52. The van der Waals surface area contributed by atoms with Crippen LogP contribution in [0.3, 0.4) is 0 Å². The molecule has 1 fully saturated rings. The summed E-state index contributed by atoms with van der Waals surface area (Å²) in [5.41, 5.74) is 18.1. The van der Waals surface area contributed by atoms with Crippen molar-refractivity contribution in [2.24, 2.45) is 0 Å². The largest absolute Gasteiger partial charge is 0.335 e. The maximum absolute atomic E-state index is 2.85. The van der Waals surface area contributed by atoms with Crippen molar-refractivity contribution in [1.82, 2.24) is 4.57 Å². The highest BCUT2D eigenvalue weighted by molar-refractivity contribution is 7.00. The third-order valence-corrected chi connectivity index (χ3v) is 12.1. The van der Waals surface area contributed by atoms with E-state index in [1.807, 2.05) is 0 Å². The lowest BCUT2D eigenvalue weighted by Crippen LogP contribution is -2.64. The molecule has 0 bridgehead atoms. The fourth-order valence-electron chi connectivity index (χ4n) is 9.27. The van der Waals surface area contributed by atoms with Gasteiger partial charge in [0.15, 0.2) is 0 Å². The molecular formula is C38H45BN2. The van der Waals surface area contributed by atoms with E-state index < -0.39 is 0 Å². The molecule has 0 radical (unpaired) electrons. The summed E-state index contributed by atoms with van der Waals surface area (Å²) in [5.74, 6) is 0. The first-order valence-corrected chi connectivity index (χ1v) is 16.0. The van der Waals surface area contributed by atoms with Crippen molar-refractivity contribution in [3.63, 3.8) is 0 Å². The second-order valence-corrected chi connectivity index (χ2v) is 16.3. The summed E-state index contributed by atoms with van der Waals surface area (Å²) in [5, 5.41) is 1.43. The van der Waals surface area contributed by atoms with Crippen molar-refractivity contribution in [3.05, 3.63) is 70.4 Å². The van der Waals surface area contributed by atoms with Crippen LogP contribution in [0.25, 0.3) is 16.6 Å². The van der Waals surface area contributed by atoms with Crippen molar-refractivity contribution >= 4 is 45.4 Å². The van der Waals surface area contributed by atoms with Gasteiger partial charge >= 0.3 is 0 Å². The molecule has 4 aliphatic rings. The molecule has 41 heavy (non-hydrogen) atoms. The number of anilines is 2. The maximum atomic E-state index is 2.85. The lowest BCUT2D eigenvalue weighted by atomic mass is 9.33. The van der Waals surface area contributed by atoms with E-state index in [1.54, 1.807) is 11.0 Å². The summed E-state index contributed by atoms with van der Waals surface area (Å²) in [6, 6.07) is 17.5. The minimum atomic E-state index is 0.0729. The van der Waals surface area contributed by atoms with Crippen LogP contribution in [0.5, 0.6) is 0 Å². The van der Waals surface area contributed by atoms with E-state index >= 15 is 0 Å². The predicted molar refractivity (Wildman–Crippen MR) is 178 cm³/mol. The number of nitrogens with zero attached hydrogens (tertiary/aromatic N) is 2.